The molecule has 0 bridgehead atoms. The van der Waals surface area contributed by atoms with E-state index < -0.39 is 16.9 Å². The van der Waals surface area contributed by atoms with E-state index in [0.29, 0.717) is 5.56 Å². The minimum Gasteiger partial charge on any atom is -0.490 e. The normalized spacial score (nSPS) is 11.7. The van der Waals surface area contributed by atoms with Gasteiger partial charge in [0.2, 0.25) is 0 Å². The number of carbonyl (C=O) groups excluding carboxylic acids is 1. The fourth-order valence-electron chi connectivity index (χ4n) is 1.54. The van der Waals surface area contributed by atoms with E-state index in [-0.39, 0.29) is 17.9 Å². The molecule has 18 heavy (non-hydrogen) atoms. The molecule has 1 atom stereocenters. The molecule has 0 unspecified atom stereocenters. The van der Waals surface area contributed by atoms with Gasteiger partial charge in [0.1, 0.15) is 0 Å². The molecule has 0 saturated heterocycles. The van der Waals surface area contributed by atoms with Gasteiger partial charge in [-0.2, -0.15) is 0 Å². The molecule has 0 saturated carbocycles. The van der Waals surface area contributed by atoms with E-state index in [4.69, 9.17) is 4.74 Å². The van der Waals surface area contributed by atoms with Crippen molar-refractivity contribution in [1.29, 1.82) is 0 Å². The Morgan fingerprint density at radius 1 is 1.50 bits per heavy atom. The Balaban J connectivity index is 2.95. The zero-order valence-electron chi connectivity index (χ0n) is 10.2. The summed E-state index contributed by atoms with van der Waals surface area (Å²) in [5.41, 5.74) is 4.15. The Morgan fingerprint density at radius 3 is 2.67 bits per heavy atom. The molecule has 0 aromatic heterocycles. The molecule has 0 radical (unpaired) electrons. The van der Waals surface area contributed by atoms with Crippen LogP contribution in [0.15, 0.2) is 18.2 Å². The molecule has 1 aromatic rings. The molecular formula is C11H15N2O5+. The minimum absolute atomic E-state index is 0.132. The van der Waals surface area contributed by atoms with Gasteiger partial charge in [-0.1, -0.05) is 6.07 Å². The van der Waals surface area contributed by atoms with Crippen molar-refractivity contribution in [2.75, 3.05) is 14.2 Å². The van der Waals surface area contributed by atoms with Gasteiger partial charge in [0, 0.05) is 12.5 Å². The Bertz CT molecular complexity index is 461. The number of esters is 1. The molecular weight excluding hydrogens is 240 g/mol. The van der Waals surface area contributed by atoms with E-state index >= 15 is 0 Å². The average molecular weight is 255 g/mol. The summed E-state index contributed by atoms with van der Waals surface area (Å²) in [6, 6.07) is 3.94. The Morgan fingerprint density at radius 2 is 2.17 bits per heavy atom. The maximum atomic E-state index is 11.2. The number of hydrogen-bond donors (Lipinski definition) is 1. The van der Waals surface area contributed by atoms with Crippen LogP contribution in [0.1, 0.15) is 5.56 Å². The number of hydrogen-bond acceptors (Lipinski definition) is 5. The van der Waals surface area contributed by atoms with Crippen LogP contribution < -0.4 is 10.5 Å². The molecule has 1 rings (SSSR count). The molecule has 0 aliphatic heterocycles. The highest BCUT2D eigenvalue weighted by Gasteiger charge is 2.21. The van der Waals surface area contributed by atoms with E-state index in [1.54, 1.807) is 6.07 Å². The van der Waals surface area contributed by atoms with Gasteiger partial charge in [-0.3, -0.25) is 10.1 Å². The molecule has 0 aliphatic rings. The monoisotopic (exact) mass is 255 g/mol. The standard InChI is InChI=1S/C11H14N2O5/c1-17-10-4-3-7(6-9(10)13(15)16)5-8(12)11(14)18-2/h3-4,6,8H,5,12H2,1-2H3/p+1/t8-/m0/s1. The van der Waals surface area contributed by atoms with E-state index in [1.165, 1.54) is 26.4 Å². The van der Waals surface area contributed by atoms with Crippen molar-refractivity contribution in [1.82, 2.24) is 0 Å². The number of nitro groups is 1. The van der Waals surface area contributed by atoms with E-state index in [2.05, 4.69) is 10.5 Å². The summed E-state index contributed by atoms with van der Waals surface area (Å²) in [7, 11) is 2.64. The average Bonchev–Trinajstić information content (AvgIpc) is 2.37. The lowest BCUT2D eigenvalue weighted by Gasteiger charge is -2.07. The lowest BCUT2D eigenvalue weighted by Crippen LogP contribution is -2.66. The van der Waals surface area contributed by atoms with Gasteiger partial charge in [-0.15, -0.1) is 0 Å². The molecule has 0 amide bonds. The highest BCUT2D eigenvalue weighted by Crippen LogP contribution is 2.27. The van der Waals surface area contributed by atoms with Gasteiger partial charge < -0.3 is 15.2 Å². The molecule has 3 N–H and O–H groups in total. The molecule has 0 aliphatic carbocycles. The number of quaternary nitrogens is 1. The van der Waals surface area contributed by atoms with Gasteiger partial charge >= 0.3 is 11.7 Å². The van der Waals surface area contributed by atoms with Crippen molar-refractivity contribution in [3.8, 4) is 5.75 Å². The smallest absolute Gasteiger partial charge is 0.364 e. The maximum absolute atomic E-state index is 11.2. The summed E-state index contributed by atoms with van der Waals surface area (Å²) in [6.45, 7) is 0. The third kappa shape index (κ3) is 3.17. The third-order valence-electron chi connectivity index (χ3n) is 2.46. The summed E-state index contributed by atoms with van der Waals surface area (Å²) in [5, 5.41) is 10.8. The third-order valence-corrected chi connectivity index (χ3v) is 2.46. The largest absolute Gasteiger partial charge is 0.490 e. The van der Waals surface area contributed by atoms with Crippen LogP contribution in [0.5, 0.6) is 5.75 Å². The van der Waals surface area contributed by atoms with Crippen molar-refractivity contribution >= 4 is 11.7 Å². The molecule has 0 heterocycles. The van der Waals surface area contributed by atoms with Gasteiger partial charge in [0.25, 0.3) is 0 Å². The zero-order valence-corrected chi connectivity index (χ0v) is 10.2. The van der Waals surface area contributed by atoms with Gasteiger partial charge in [-0.05, 0) is 11.6 Å². The first-order chi connectivity index (χ1) is 8.49. The topological polar surface area (TPSA) is 106 Å². The van der Waals surface area contributed by atoms with Crippen LogP contribution in [0.4, 0.5) is 5.69 Å². The van der Waals surface area contributed by atoms with Gasteiger partial charge in [-0.25, -0.2) is 4.79 Å². The fraction of sp³-hybridized carbons (Fsp3) is 0.364. The predicted octanol–water partition coefficient (Wildman–Crippen LogP) is -0.0706. The SMILES string of the molecule is COC(=O)[C@@H]([NH3+])Cc1ccc(OC)c([N+](=O)[O-])c1. The lowest BCUT2D eigenvalue weighted by atomic mass is 10.1. The van der Waals surface area contributed by atoms with Crippen molar-refractivity contribution in [2.45, 2.75) is 12.5 Å². The number of nitrogens with zero attached hydrogens (tertiary/aromatic N) is 1. The summed E-state index contributed by atoms with van der Waals surface area (Å²) in [5.74, 6) is -0.268. The first-order valence-corrected chi connectivity index (χ1v) is 5.21. The van der Waals surface area contributed by atoms with Crippen LogP contribution in [0, 0.1) is 10.1 Å². The van der Waals surface area contributed by atoms with Crippen LogP contribution in [0.3, 0.4) is 0 Å². The Hall–Kier alpha value is -2.15. The number of methoxy groups -OCH3 is 2. The molecule has 1 aromatic carbocycles. The van der Waals surface area contributed by atoms with Crippen LogP contribution >= 0.6 is 0 Å². The van der Waals surface area contributed by atoms with Crippen LogP contribution in [0.2, 0.25) is 0 Å². The van der Waals surface area contributed by atoms with Crippen molar-refractivity contribution in [3.63, 3.8) is 0 Å². The zero-order chi connectivity index (χ0) is 13.7. The summed E-state index contributed by atoms with van der Waals surface area (Å²) < 4.78 is 9.43. The maximum Gasteiger partial charge on any atom is 0.364 e. The number of ether oxygens (including phenoxy) is 2. The lowest BCUT2D eigenvalue weighted by molar-refractivity contribution is -0.407. The number of rotatable bonds is 5. The minimum atomic E-state index is -0.594. The van der Waals surface area contributed by atoms with Crippen molar-refractivity contribution in [3.05, 3.63) is 33.9 Å². The second-order valence-corrected chi connectivity index (χ2v) is 3.69. The van der Waals surface area contributed by atoms with Crippen molar-refractivity contribution in [2.24, 2.45) is 0 Å². The fourth-order valence-corrected chi connectivity index (χ4v) is 1.54. The van der Waals surface area contributed by atoms with E-state index in [1.807, 2.05) is 0 Å². The summed E-state index contributed by atoms with van der Waals surface area (Å²) >= 11 is 0. The Labute approximate surface area is 104 Å². The number of carbonyl (C=O) groups is 1. The quantitative estimate of drug-likeness (QED) is 0.450. The first kappa shape index (κ1) is 13.9. The predicted molar refractivity (Wildman–Crippen MR) is 62.0 cm³/mol. The molecule has 7 nitrogen and oxygen atoms in total. The van der Waals surface area contributed by atoms with Crippen molar-refractivity contribution < 1.29 is 24.9 Å². The van der Waals surface area contributed by atoms with E-state index in [0.717, 1.165) is 0 Å². The van der Waals surface area contributed by atoms with Crippen LogP contribution in [-0.2, 0) is 16.0 Å². The van der Waals surface area contributed by atoms with Gasteiger partial charge in [0.05, 0.1) is 19.1 Å². The number of benzene rings is 1. The van der Waals surface area contributed by atoms with Crippen LogP contribution in [0.25, 0.3) is 0 Å². The summed E-state index contributed by atoms with van der Waals surface area (Å²) in [6.07, 6.45) is 0.275. The second kappa shape index (κ2) is 5.97. The molecule has 0 fully saturated rings. The second-order valence-electron chi connectivity index (χ2n) is 3.69. The molecule has 0 spiro atoms. The number of nitro benzene ring substituents is 1. The van der Waals surface area contributed by atoms with Crippen LogP contribution in [-0.4, -0.2) is 31.2 Å². The molecule has 98 valence electrons. The summed E-state index contributed by atoms with van der Waals surface area (Å²) in [4.78, 5) is 21.5. The Kier molecular flexibility index (Phi) is 4.61. The highest BCUT2D eigenvalue weighted by molar-refractivity contribution is 5.74. The first-order valence-electron chi connectivity index (χ1n) is 5.21. The highest BCUT2D eigenvalue weighted by atomic mass is 16.6. The van der Waals surface area contributed by atoms with Gasteiger partial charge in [0.15, 0.2) is 11.8 Å². The molecule has 7 heteroatoms. The van der Waals surface area contributed by atoms with E-state index in [9.17, 15) is 14.9 Å².